The molecule has 4 rings (SSSR count). The van der Waals surface area contributed by atoms with E-state index in [9.17, 15) is 19.5 Å². The number of likely N-dealkylation sites (tertiary alicyclic amines) is 1. The normalized spacial score (nSPS) is 18.8. The summed E-state index contributed by atoms with van der Waals surface area (Å²) >= 11 is 0. The molecule has 2 aliphatic rings. The first-order valence-corrected chi connectivity index (χ1v) is 12.4. The lowest BCUT2D eigenvalue weighted by Gasteiger charge is -2.28. The maximum absolute atomic E-state index is 13.3. The van der Waals surface area contributed by atoms with Crippen LogP contribution in [0.15, 0.2) is 48.0 Å². The van der Waals surface area contributed by atoms with Crippen LogP contribution < -0.4 is 9.47 Å². The fourth-order valence-electron chi connectivity index (χ4n) is 4.82. The molecule has 2 aromatic carbocycles. The Kier molecular flexibility index (Phi) is 7.74. The largest absolute Gasteiger partial charge is 0.507 e. The molecule has 1 unspecified atom stereocenters. The van der Waals surface area contributed by atoms with E-state index in [4.69, 9.17) is 9.47 Å². The van der Waals surface area contributed by atoms with Gasteiger partial charge in [-0.05, 0) is 67.4 Å². The minimum atomic E-state index is -0.816. The number of Topliss-reactive ketones (excluding diaryl/α,β-unsaturated/α-hetero) is 1. The molecule has 0 radical (unpaired) electrons. The van der Waals surface area contributed by atoms with Gasteiger partial charge in [0.2, 0.25) is 0 Å². The third-order valence-corrected chi connectivity index (χ3v) is 6.71. The molecule has 1 N–H and O–H groups in total. The highest BCUT2D eigenvalue weighted by atomic mass is 16.5. The molecule has 0 spiro atoms. The lowest BCUT2D eigenvalue weighted by atomic mass is 9.94. The van der Waals surface area contributed by atoms with E-state index in [-0.39, 0.29) is 11.3 Å². The van der Waals surface area contributed by atoms with Gasteiger partial charge in [-0.2, -0.15) is 0 Å². The van der Waals surface area contributed by atoms with Gasteiger partial charge < -0.3 is 24.4 Å². The van der Waals surface area contributed by atoms with Crippen LogP contribution in [0.4, 0.5) is 0 Å². The van der Waals surface area contributed by atoms with Crippen LogP contribution >= 0.6 is 0 Å². The molecule has 8 nitrogen and oxygen atoms in total. The molecule has 1 saturated heterocycles. The highest BCUT2D eigenvalue weighted by Gasteiger charge is 2.46. The van der Waals surface area contributed by atoms with Crippen LogP contribution in [0.1, 0.15) is 49.9 Å². The Balaban J connectivity index is 1.80. The quantitative estimate of drug-likeness (QED) is 0.197. The first-order chi connectivity index (χ1) is 17.3. The second-order valence-corrected chi connectivity index (χ2v) is 8.96. The van der Waals surface area contributed by atoms with E-state index in [1.165, 1.54) is 11.8 Å². The number of likely N-dealkylation sites (N-methyl/N-ethyl adjacent to an activating group) is 1. The van der Waals surface area contributed by atoms with E-state index in [0.717, 1.165) is 37.2 Å². The zero-order valence-electron chi connectivity index (χ0n) is 21.0. The van der Waals surface area contributed by atoms with Crippen molar-refractivity contribution in [1.29, 1.82) is 0 Å². The fraction of sp³-hybridized carbons (Fsp3) is 0.393. The number of benzene rings is 2. The number of fused-ring (bicyclic) bond motifs is 1. The van der Waals surface area contributed by atoms with Crippen molar-refractivity contribution in [2.24, 2.45) is 0 Å². The van der Waals surface area contributed by atoms with Crippen LogP contribution in [-0.2, 0) is 20.8 Å². The van der Waals surface area contributed by atoms with Crippen molar-refractivity contribution in [3.63, 3.8) is 0 Å². The van der Waals surface area contributed by atoms with Crippen molar-refractivity contribution < 1.29 is 29.0 Å². The van der Waals surface area contributed by atoms with Crippen molar-refractivity contribution in [1.82, 2.24) is 9.80 Å². The number of ether oxygens (including phenoxy) is 2. The molecule has 36 heavy (non-hydrogen) atoms. The maximum atomic E-state index is 13.3. The van der Waals surface area contributed by atoms with Crippen molar-refractivity contribution in [2.75, 3.05) is 32.8 Å². The molecular weight excluding hydrogens is 460 g/mol. The summed E-state index contributed by atoms with van der Waals surface area (Å²) in [5.41, 5.74) is 2.02. The number of ketones is 1. The number of hydrogen-bond donors (Lipinski definition) is 1. The molecule has 2 heterocycles. The van der Waals surface area contributed by atoms with Crippen molar-refractivity contribution in [3.8, 4) is 11.5 Å². The molecule has 1 amide bonds. The summed E-state index contributed by atoms with van der Waals surface area (Å²) < 4.78 is 10.9. The van der Waals surface area contributed by atoms with Gasteiger partial charge in [0.05, 0.1) is 18.2 Å². The molecule has 0 aromatic heterocycles. The number of aryl methyl sites for hydroxylation is 1. The third-order valence-electron chi connectivity index (χ3n) is 6.71. The maximum Gasteiger partial charge on any atom is 0.308 e. The topological polar surface area (TPSA) is 96.4 Å². The summed E-state index contributed by atoms with van der Waals surface area (Å²) in [6.07, 6.45) is 1.68. The van der Waals surface area contributed by atoms with Crippen molar-refractivity contribution in [3.05, 3.63) is 64.7 Å². The number of rotatable bonds is 8. The Labute approximate surface area is 211 Å². The van der Waals surface area contributed by atoms with Gasteiger partial charge in [0, 0.05) is 25.6 Å². The zero-order chi connectivity index (χ0) is 25.8. The molecule has 0 aliphatic carbocycles. The number of carbonyl (C=O) groups is 3. The van der Waals surface area contributed by atoms with Crippen LogP contribution in [0, 0.1) is 0 Å². The predicted molar refractivity (Wildman–Crippen MR) is 135 cm³/mol. The zero-order valence-corrected chi connectivity index (χ0v) is 21.0. The number of nitrogens with zero attached hydrogens (tertiary/aromatic N) is 2. The molecule has 2 aromatic rings. The lowest BCUT2D eigenvalue weighted by Crippen LogP contribution is -2.38. The first-order valence-electron chi connectivity index (χ1n) is 12.4. The smallest absolute Gasteiger partial charge is 0.308 e. The van der Waals surface area contributed by atoms with Crippen LogP contribution in [0.5, 0.6) is 11.5 Å². The highest BCUT2D eigenvalue weighted by Crippen LogP contribution is 2.41. The molecule has 1 fully saturated rings. The molecular formula is C28H32N2O6. The van der Waals surface area contributed by atoms with E-state index in [1.807, 2.05) is 19.9 Å². The van der Waals surface area contributed by atoms with Gasteiger partial charge in [0.1, 0.15) is 17.3 Å². The summed E-state index contributed by atoms with van der Waals surface area (Å²) in [4.78, 5) is 41.7. The standard InChI is InChI=1S/C28H32N2O6/c1-4-29(5-2)13-14-30-25(20-8-6-10-22(17-20)36-18(3)31)24(27(33)28(30)34)26(32)21-11-12-23-19(16-21)9-7-15-35-23/h6,8,10-12,16-17,25,32H,4-5,7,9,13-15H2,1-3H3/b26-24-. The van der Waals surface area contributed by atoms with E-state index in [1.54, 1.807) is 36.4 Å². The third kappa shape index (κ3) is 5.14. The molecule has 0 bridgehead atoms. The minimum Gasteiger partial charge on any atom is -0.507 e. The highest BCUT2D eigenvalue weighted by molar-refractivity contribution is 6.46. The number of esters is 1. The molecule has 1 atom stereocenters. The van der Waals surface area contributed by atoms with Gasteiger partial charge >= 0.3 is 5.97 Å². The van der Waals surface area contributed by atoms with Crippen LogP contribution in [0.3, 0.4) is 0 Å². The lowest BCUT2D eigenvalue weighted by molar-refractivity contribution is -0.140. The van der Waals surface area contributed by atoms with Crippen molar-refractivity contribution >= 4 is 23.4 Å². The Morgan fingerprint density at radius 3 is 2.67 bits per heavy atom. The predicted octanol–water partition coefficient (Wildman–Crippen LogP) is 3.70. The summed E-state index contributed by atoms with van der Waals surface area (Å²) in [6, 6.07) is 11.2. The SMILES string of the molecule is CCN(CC)CCN1C(=O)C(=O)/C(=C(\O)c2ccc3c(c2)CCCO3)C1c1cccc(OC(C)=O)c1. The molecule has 8 heteroatoms. The Morgan fingerprint density at radius 1 is 1.17 bits per heavy atom. The summed E-state index contributed by atoms with van der Waals surface area (Å²) in [7, 11) is 0. The van der Waals surface area contributed by atoms with E-state index in [0.29, 0.717) is 36.6 Å². The van der Waals surface area contributed by atoms with Crippen LogP contribution in [0.2, 0.25) is 0 Å². The van der Waals surface area contributed by atoms with Crippen LogP contribution in [0.25, 0.3) is 5.76 Å². The number of hydrogen-bond acceptors (Lipinski definition) is 7. The van der Waals surface area contributed by atoms with E-state index >= 15 is 0 Å². The summed E-state index contributed by atoms with van der Waals surface area (Å²) in [5.74, 6) is -1.02. The van der Waals surface area contributed by atoms with Gasteiger partial charge in [-0.1, -0.05) is 26.0 Å². The van der Waals surface area contributed by atoms with Gasteiger partial charge in [-0.15, -0.1) is 0 Å². The number of amides is 1. The first kappa shape index (κ1) is 25.4. The fourth-order valence-corrected chi connectivity index (χ4v) is 4.82. The van der Waals surface area contributed by atoms with Gasteiger partial charge in [0.25, 0.3) is 11.7 Å². The number of aliphatic hydroxyl groups is 1. The minimum absolute atomic E-state index is 0.0243. The van der Waals surface area contributed by atoms with Crippen LogP contribution in [-0.4, -0.2) is 65.4 Å². The summed E-state index contributed by atoms with van der Waals surface area (Å²) in [5, 5.41) is 11.4. The van der Waals surface area contributed by atoms with E-state index in [2.05, 4.69) is 4.90 Å². The van der Waals surface area contributed by atoms with Gasteiger partial charge in [-0.3, -0.25) is 14.4 Å². The Hall–Kier alpha value is -3.65. The monoisotopic (exact) mass is 492 g/mol. The average molecular weight is 493 g/mol. The van der Waals surface area contributed by atoms with Gasteiger partial charge in [-0.25, -0.2) is 0 Å². The Morgan fingerprint density at radius 2 is 1.94 bits per heavy atom. The second kappa shape index (κ2) is 11.0. The molecule has 190 valence electrons. The average Bonchev–Trinajstić information content (AvgIpc) is 3.13. The molecule has 2 aliphatic heterocycles. The number of aliphatic hydroxyl groups excluding tert-OH is 1. The number of carbonyl (C=O) groups excluding carboxylic acids is 3. The van der Waals surface area contributed by atoms with E-state index < -0.39 is 23.7 Å². The second-order valence-electron chi connectivity index (χ2n) is 8.96. The van der Waals surface area contributed by atoms with Crippen molar-refractivity contribution in [2.45, 2.75) is 39.7 Å². The van der Waals surface area contributed by atoms with Gasteiger partial charge in [0.15, 0.2) is 0 Å². The molecule has 0 saturated carbocycles. The Bertz CT molecular complexity index is 1200. The summed E-state index contributed by atoms with van der Waals surface area (Å²) in [6.45, 7) is 8.54.